The fraction of sp³-hybridized carbons (Fsp3) is 0.375. The van der Waals surface area contributed by atoms with Gasteiger partial charge in [-0.25, -0.2) is 4.98 Å². The number of hydrogen-bond acceptors (Lipinski definition) is 4. The van der Waals surface area contributed by atoms with E-state index in [2.05, 4.69) is 39.3 Å². The summed E-state index contributed by atoms with van der Waals surface area (Å²) in [6.07, 6.45) is 1.81. The minimum Gasteiger partial charge on any atom is -0.369 e. The van der Waals surface area contributed by atoms with E-state index >= 15 is 0 Å². The minimum absolute atomic E-state index is 0.565. The summed E-state index contributed by atoms with van der Waals surface area (Å²) in [5.74, 6) is 0.565. The Kier molecular flexibility index (Phi) is 3.75. The van der Waals surface area contributed by atoms with Crippen LogP contribution in [0.1, 0.15) is 13.8 Å². The van der Waals surface area contributed by atoms with E-state index in [1.807, 2.05) is 24.4 Å². The summed E-state index contributed by atoms with van der Waals surface area (Å²) < 4.78 is 2.11. The number of anilines is 1. The van der Waals surface area contributed by atoms with Crippen LogP contribution in [-0.4, -0.2) is 39.1 Å². The van der Waals surface area contributed by atoms with Crippen LogP contribution in [-0.2, 0) is 6.54 Å². The summed E-state index contributed by atoms with van der Waals surface area (Å²) in [7, 11) is 0. The van der Waals surface area contributed by atoms with E-state index in [0.29, 0.717) is 5.95 Å². The van der Waals surface area contributed by atoms with Crippen LogP contribution in [0.4, 0.5) is 5.95 Å². The fourth-order valence-electron chi connectivity index (χ4n) is 2.79. The number of hydrogen-bond donors (Lipinski definition) is 1. The maximum Gasteiger partial charge on any atom is 0.201 e. The Morgan fingerprint density at radius 2 is 1.90 bits per heavy atom. The molecule has 0 saturated heterocycles. The molecule has 0 fully saturated rings. The zero-order chi connectivity index (χ0) is 14.8. The van der Waals surface area contributed by atoms with Crippen molar-refractivity contribution in [2.75, 3.05) is 25.4 Å². The normalized spacial score (nSPS) is 11.8. The highest BCUT2D eigenvalue weighted by molar-refractivity contribution is 6.02. The van der Waals surface area contributed by atoms with Gasteiger partial charge >= 0.3 is 0 Å². The number of nitrogen functional groups attached to an aromatic ring is 1. The summed E-state index contributed by atoms with van der Waals surface area (Å²) in [5.41, 5.74) is 9.05. The van der Waals surface area contributed by atoms with Gasteiger partial charge in [0.15, 0.2) is 0 Å². The van der Waals surface area contributed by atoms with Crippen molar-refractivity contribution < 1.29 is 0 Å². The number of nitrogens with zero attached hydrogens (tertiary/aromatic N) is 4. The van der Waals surface area contributed by atoms with E-state index < -0.39 is 0 Å². The van der Waals surface area contributed by atoms with Crippen LogP contribution in [0, 0.1) is 0 Å². The van der Waals surface area contributed by atoms with Crippen LogP contribution in [0.15, 0.2) is 30.5 Å². The third-order valence-electron chi connectivity index (χ3n) is 4.04. The van der Waals surface area contributed by atoms with Crippen LogP contribution in [0.5, 0.6) is 0 Å². The lowest BCUT2D eigenvalue weighted by Crippen LogP contribution is -2.27. The molecule has 0 unspecified atom stereocenters. The monoisotopic (exact) mass is 283 g/mol. The SMILES string of the molecule is CCN(CC)CCn1c(N)nc2cnc3ccccc3c21. The number of nitrogens with two attached hydrogens (primary N) is 1. The first-order chi connectivity index (χ1) is 10.2. The Morgan fingerprint density at radius 3 is 2.67 bits per heavy atom. The molecule has 110 valence electrons. The zero-order valence-electron chi connectivity index (χ0n) is 12.6. The number of rotatable bonds is 5. The number of pyridine rings is 1. The summed E-state index contributed by atoms with van der Waals surface area (Å²) in [5, 5.41) is 1.11. The third kappa shape index (κ3) is 2.45. The molecule has 2 heterocycles. The second-order valence-electron chi connectivity index (χ2n) is 5.16. The molecular formula is C16H21N5. The highest BCUT2D eigenvalue weighted by atomic mass is 15.2. The van der Waals surface area contributed by atoms with Gasteiger partial charge in [-0.2, -0.15) is 0 Å². The Hall–Kier alpha value is -2.14. The zero-order valence-corrected chi connectivity index (χ0v) is 12.6. The highest BCUT2D eigenvalue weighted by Gasteiger charge is 2.12. The lowest BCUT2D eigenvalue weighted by Gasteiger charge is -2.19. The second kappa shape index (κ2) is 5.69. The topological polar surface area (TPSA) is 60.0 Å². The van der Waals surface area contributed by atoms with Crippen molar-refractivity contribution >= 4 is 27.9 Å². The Balaban J connectivity index is 2.08. The van der Waals surface area contributed by atoms with Crippen molar-refractivity contribution in [3.8, 4) is 0 Å². The average Bonchev–Trinajstić information content (AvgIpc) is 2.84. The van der Waals surface area contributed by atoms with Gasteiger partial charge in [0.2, 0.25) is 5.95 Å². The van der Waals surface area contributed by atoms with Crippen molar-refractivity contribution in [3.63, 3.8) is 0 Å². The van der Waals surface area contributed by atoms with Crippen LogP contribution >= 0.6 is 0 Å². The molecule has 2 N–H and O–H groups in total. The molecule has 0 saturated carbocycles. The number of likely N-dealkylation sites (N-methyl/N-ethyl adjacent to an activating group) is 1. The molecule has 0 atom stereocenters. The molecule has 1 aromatic carbocycles. The standard InChI is InChI=1S/C16H21N5/c1-3-20(4-2)9-10-21-15-12-7-5-6-8-13(12)18-11-14(15)19-16(21)17/h5-8,11H,3-4,9-10H2,1-2H3,(H2,17,19). The van der Waals surface area contributed by atoms with Gasteiger partial charge < -0.3 is 15.2 Å². The third-order valence-corrected chi connectivity index (χ3v) is 4.04. The first-order valence-corrected chi connectivity index (χ1v) is 7.46. The molecule has 0 amide bonds. The number of benzene rings is 1. The van der Waals surface area contributed by atoms with Crippen LogP contribution < -0.4 is 5.73 Å². The van der Waals surface area contributed by atoms with Crippen molar-refractivity contribution in [3.05, 3.63) is 30.5 Å². The molecule has 2 aromatic heterocycles. The van der Waals surface area contributed by atoms with E-state index in [1.54, 1.807) is 0 Å². The van der Waals surface area contributed by atoms with Gasteiger partial charge in [-0.1, -0.05) is 32.0 Å². The Labute approximate surface area is 124 Å². The van der Waals surface area contributed by atoms with Gasteiger partial charge in [-0.05, 0) is 19.2 Å². The summed E-state index contributed by atoms with van der Waals surface area (Å²) in [6, 6.07) is 8.13. The van der Waals surface area contributed by atoms with Crippen molar-refractivity contribution in [2.45, 2.75) is 20.4 Å². The first kappa shape index (κ1) is 13.8. The number of aromatic nitrogens is 3. The van der Waals surface area contributed by atoms with E-state index in [-0.39, 0.29) is 0 Å². The molecular weight excluding hydrogens is 262 g/mol. The largest absolute Gasteiger partial charge is 0.369 e. The van der Waals surface area contributed by atoms with E-state index in [0.717, 1.165) is 48.1 Å². The summed E-state index contributed by atoms with van der Waals surface area (Å²) in [6.45, 7) is 8.27. The molecule has 0 radical (unpaired) electrons. The molecule has 0 aliphatic heterocycles. The van der Waals surface area contributed by atoms with E-state index in [9.17, 15) is 0 Å². The van der Waals surface area contributed by atoms with Crippen molar-refractivity contribution in [1.29, 1.82) is 0 Å². The van der Waals surface area contributed by atoms with E-state index in [4.69, 9.17) is 5.73 Å². The Morgan fingerprint density at radius 1 is 1.14 bits per heavy atom. The van der Waals surface area contributed by atoms with Gasteiger partial charge in [0.1, 0.15) is 5.52 Å². The second-order valence-corrected chi connectivity index (χ2v) is 5.16. The van der Waals surface area contributed by atoms with Gasteiger partial charge in [0.05, 0.1) is 17.2 Å². The molecule has 21 heavy (non-hydrogen) atoms. The molecule has 0 aliphatic rings. The molecule has 3 aromatic rings. The molecule has 0 bridgehead atoms. The predicted octanol–water partition coefficient (Wildman–Crippen LogP) is 2.51. The minimum atomic E-state index is 0.565. The molecule has 5 nitrogen and oxygen atoms in total. The van der Waals surface area contributed by atoms with Gasteiger partial charge in [0.25, 0.3) is 0 Å². The smallest absolute Gasteiger partial charge is 0.201 e. The van der Waals surface area contributed by atoms with E-state index in [1.165, 1.54) is 0 Å². The van der Waals surface area contributed by atoms with Gasteiger partial charge in [-0.15, -0.1) is 0 Å². The first-order valence-electron chi connectivity index (χ1n) is 7.46. The maximum absolute atomic E-state index is 6.12. The maximum atomic E-state index is 6.12. The predicted molar refractivity (Wildman–Crippen MR) is 87.2 cm³/mol. The van der Waals surface area contributed by atoms with Crippen molar-refractivity contribution in [2.24, 2.45) is 0 Å². The molecule has 5 heteroatoms. The number of imidazole rings is 1. The Bertz CT molecular complexity index is 758. The molecule has 0 spiro atoms. The summed E-state index contributed by atoms with van der Waals surface area (Å²) >= 11 is 0. The van der Waals surface area contributed by atoms with Crippen molar-refractivity contribution in [1.82, 2.24) is 19.4 Å². The van der Waals surface area contributed by atoms with Gasteiger partial charge in [-0.3, -0.25) is 4.98 Å². The van der Waals surface area contributed by atoms with Gasteiger partial charge in [0, 0.05) is 18.5 Å². The van der Waals surface area contributed by atoms with Crippen LogP contribution in [0.2, 0.25) is 0 Å². The summed E-state index contributed by atoms with van der Waals surface area (Å²) in [4.78, 5) is 11.3. The number of para-hydroxylation sites is 1. The fourth-order valence-corrected chi connectivity index (χ4v) is 2.79. The molecule has 0 aliphatic carbocycles. The lowest BCUT2D eigenvalue weighted by molar-refractivity contribution is 0.292. The quantitative estimate of drug-likeness (QED) is 0.781. The average molecular weight is 283 g/mol. The lowest BCUT2D eigenvalue weighted by atomic mass is 10.2. The molecule has 3 rings (SSSR count). The van der Waals surface area contributed by atoms with Crippen LogP contribution in [0.25, 0.3) is 21.9 Å². The number of fused-ring (bicyclic) bond motifs is 3. The van der Waals surface area contributed by atoms with Crippen LogP contribution in [0.3, 0.4) is 0 Å². The highest BCUT2D eigenvalue weighted by Crippen LogP contribution is 2.25.